The van der Waals surface area contributed by atoms with E-state index < -0.39 is 0 Å². The van der Waals surface area contributed by atoms with Gasteiger partial charge in [0.05, 0.1) is 0 Å². The summed E-state index contributed by atoms with van der Waals surface area (Å²) in [7, 11) is 0. The molecule has 0 radical (unpaired) electrons. The molecule has 0 bridgehead atoms. The molecule has 1 aromatic rings. The molecule has 2 nitrogen and oxygen atoms in total. The van der Waals surface area contributed by atoms with Gasteiger partial charge in [-0.3, -0.25) is 0 Å². The van der Waals surface area contributed by atoms with Crippen molar-refractivity contribution in [3.05, 3.63) is 23.3 Å². The average molecular weight is 363 g/mol. The summed E-state index contributed by atoms with van der Waals surface area (Å²) in [5, 5.41) is 21.4. The maximum atomic E-state index is 10.7. The second kappa shape index (κ2) is 10.2. The highest BCUT2D eigenvalue weighted by atomic mass is 16.3. The van der Waals surface area contributed by atoms with E-state index in [1.165, 1.54) is 38.5 Å². The summed E-state index contributed by atoms with van der Waals surface area (Å²) < 4.78 is 0. The SMILES string of the molecule is CCCCCCC(C)(C)c1cc(O)c(C(C)(C)CCCCCC)cc1O. The zero-order valence-electron chi connectivity index (χ0n) is 18.1. The van der Waals surface area contributed by atoms with Crippen molar-refractivity contribution in [1.29, 1.82) is 0 Å². The molecule has 26 heavy (non-hydrogen) atoms. The van der Waals surface area contributed by atoms with E-state index in [0.29, 0.717) is 11.5 Å². The van der Waals surface area contributed by atoms with E-state index in [9.17, 15) is 10.2 Å². The maximum Gasteiger partial charge on any atom is 0.119 e. The molecule has 0 aliphatic heterocycles. The molecule has 0 saturated carbocycles. The molecular weight excluding hydrogens is 320 g/mol. The Balaban J connectivity index is 2.92. The number of aromatic hydroxyl groups is 2. The Bertz CT molecular complexity index is 494. The summed E-state index contributed by atoms with van der Waals surface area (Å²) in [6, 6.07) is 3.64. The lowest BCUT2D eigenvalue weighted by Crippen LogP contribution is -2.20. The van der Waals surface area contributed by atoms with Crippen molar-refractivity contribution in [2.24, 2.45) is 0 Å². The minimum atomic E-state index is -0.126. The predicted molar refractivity (Wildman–Crippen MR) is 113 cm³/mol. The number of unbranched alkanes of at least 4 members (excludes halogenated alkanes) is 6. The second-order valence-corrected chi connectivity index (χ2v) is 9.28. The van der Waals surface area contributed by atoms with Crippen LogP contribution in [0.5, 0.6) is 11.5 Å². The Morgan fingerprint density at radius 3 is 1.27 bits per heavy atom. The van der Waals surface area contributed by atoms with Crippen LogP contribution in [0.15, 0.2) is 12.1 Å². The van der Waals surface area contributed by atoms with Gasteiger partial charge in [0.15, 0.2) is 0 Å². The summed E-state index contributed by atoms with van der Waals surface area (Å²) in [4.78, 5) is 0. The molecule has 0 unspecified atom stereocenters. The van der Waals surface area contributed by atoms with Gasteiger partial charge >= 0.3 is 0 Å². The molecule has 0 aliphatic carbocycles. The van der Waals surface area contributed by atoms with Crippen LogP contribution in [-0.4, -0.2) is 10.2 Å². The van der Waals surface area contributed by atoms with Gasteiger partial charge in [0.25, 0.3) is 0 Å². The summed E-state index contributed by atoms with van der Waals surface area (Å²) >= 11 is 0. The quantitative estimate of drug-likeness (QED) is 0.297. The fraction of sp³-hybridized carbons (Fsp3) is 0.750. The fourth-order valence-electron chi connectivity index (χ4n) is 3.92. The Labute approximate surface area is 162 Å². The lowest BCUT2D eigenvalue weighted by atomic mass is 9.75. The number of phenols is 2. The Morgan fingerprint density at radius 2 is 0.962 bits per heavy atom. The van der Waals surface area contributed by atoms with Crippen molar-refractivity contribution in [1.82, 2.24) is 0 Å². The van der Waals surface area contributed by atoms with Gasteiger partial charge in [-0.1, -0.05) is 92.9 Å². The van der Waals surface area contributed by atoms with Gasteiger partial charge in [-0.25, -0.2) is 0 Å². The maximum absolute atomic E-state index is 10.7. The number of benzene rings is 1. The number of phenolic OH excluding ortho intramolecular Hbond substituents is 2. The van der Waals surface area contributed by atoms with Crippen molar-refractivity contribution in [2.75, 3.05) is 0 Å². The summed E-state index contributed by atoms with van der Waals surface area (Å²) in [5.74, 6) is 0.667. The van der Waals surface area contributed by atoms with Crippen molar-refractivity contribution in [2.45, 2.75) is 117 Å². The van der Waals surface area contributed by atoms with E-state index in [0.717, 1.165) is 36.8 Å². The molecule has 0 spiro atoms. The molecule has 0 aromatic heterocycles. The van der Waals surface area contributed by atoms with Gasteiger partial charge in [0, 0.05) is 11.1 Å². The van der Waals surface area contributed by atoms with Crippen molar-refractivity contribution < 1.29 is 10.2 Å². The summed E-state index contributed by atoms with van der Waals surface area (Å²) in [5.41, 5.74) is 1.49. The Hall–Kier alpha value is -1.18. The van der Waals surface area contributed by atoms with Crippen LogP contribution in [0.2, 0.25) is 0 Å². The normalized spacial score (nSPS) is 12.5. The first-order valence-electron chi connectivity index (χ1n) is 10.7. The fourth-order valence-corrected chi connectivity index (χ4v) is 3.92. The van der Waals surface area contributed by atoms with E-state index in [1.807, 2.05) is 12.1 Å². The lowest BCUT2D eigenvalue weighted by Gasteiger charge is -2.30. The minimum Gasteiger partial charge on any atom is -0.508 e. The zero-order chi connectivity index (χ0) is 19.8. The molecule has 0 heterocycles. The third kappa shape index (κ3) is 6.52. The third-order valence-corrected chi connectivity index (χ3v) is 5.88. The highest BCUT2D eigenvalue weighted by Gasteiger charge is 2.29. The summed E-state index contributed by atoms with van der Waals surface area (Å²) in [6.45, 7) is 13.1. The standard InChI is InChI=1S/C24H42O2/c1-7-9-11-13-15-23(3,4)19-17-22(26)20(18-21(19)25)24(5,6)16-14-12-10-8-2/h17-18,25-26H,7-16H2,1-6H3. The van der Waals surface area contributed by atoms with Gasteiger partial charge in [0.2, 0.25) is 0 Å². The van der Waals surface area contributed by atoms with E-state index in [1.54, 1.807) is 0 Å². The van der Waals surface area contributed by atoms with Gasteiger partial charge in [-0.2, -0.15) is 0 Å². The number of hydrogen-bond donors (Lipinski definition) is 2. The Morgan fingerprint density at radius 1 is 0.615 bits per heavy atom. The molecular formula is C24H42O2. The van der Waals surface area contributed by atoms with Crippen molar-refractivity contribution in [3.8, 4) is 11.5 Å². The van der Waals surface area contributed by atoms with E-state index in [-0.39, 0.29) is 10.8 Å². The van der Waals surface area contributed by atoms with E-state index in [4.69, 9.17) is 0 Å². The first kappa shape index (κ1) is 22.9. The van der Waals surface area contributed by atoms with Gasteiger partial charge in [0.1, 0.15) is 11.5 Å². The predicted octanol–water partition coefficient (Wildman–Crippen LogP) is 7.59. The minimum absolute atomic E-state index is 0.126. The van der Waals surface area contributed by atoms with Gasteiger partial charge in [-0.05, 0) is 35.8 Å². The largest absolute Gasteiger partial charge is 0.508 e. The summed E-state index contributed by atoms with van der Waals surface area (Å²) in [6.07, 6.45) is 11.8. The van der Waals surface area contributed by atoms with Crippen molar-refractivity contribution >= 4 is 0 Å². The highest BCUT2D eigenvalue weighted by Crippen LogP contribution is 2.43. The van der Waals surface area contributed by atoms with Crippen LogP contribution >= 0.6 is 0 Å². The molecule has 1 rings (SSSR count). The molecule has 0 amide bonds. The van der Waals surface area contributed by atoms with Gasteiger partial charge < -0.3 is 10.2 Å². The van der Waals surface area contributed by atoms with E-state index in [2.05, 4.69) is 41.5 Å². The number of rotatable bonds is 12. The molecule has 150 valence electrons. The molecule has 2 N–H and O–H groups in total. The van der Waals surface area contributed by atoms with E-state index >= 15 is 0 Å². The van der Waals surface area contributed by atoms with Crippen LogP contribution in [0.3, 0.4) is 0 Å². The molecule has 0 atom stereocenters. The van der Waals surface area contributed by atoms with Crippen LogP contribution in [0, 0.1) is 0 Å². The molecule has 2 heteroatoms. The van der Waals surface area contributed by atoms with Crippen LogP contribution in [0.25, 0.3) is 0 Å². The molecule has 0 saturated heterocycles. The zero-order valence-corrected chi connectivity index (χ0v) is 18.1. The first-order chi connectivity index (χ1) is 12.2. The molecule has 0 fully saturated rings. The topological polar surface area (TPSA) is 40.5 Å². The molecule has 1 aromatic carbocycles. The lowest BCUT2D eigenvalue weighted by molar-refractivity contribution is 0.381. The van der Waals surface area contributed by atoms with Gasteiger partial charge in [-0.15, -0.1) is 0 Å². The Kier molecular flexibility index (Phi) is 9.00. The number of hydrogen-bond acceptors (Lipinski definition) is 2. The second-order valence-electron chi connectivity index (χ2n) is 9.28. The monoisotopic (exact) mass is 362 g/mol. The van der Waals surface area contributed by atoms with Crippen LogP contribution in [0.4, 0.5) is 0 Å². The smallest absolute Gasteiger partial charge is 0.119 e. The van der Waals surface area contributed by atoms with Crippen LogP contribution < -0.4 is 0 Å². The highest BCUT2D eigenvalue weighted by molar-refractivity contribution is 5.50. The average Bonchev–Trinajstić information content (AvgIpc) is 2.57. The first-order valence-corrected chi connectivity index (χ1v) is 10.7. The van der Waals surface area contributed by atoms with Crippen LogP contribution in [-0.2, 0) is 10.8 Å². The molecule has 0 aliphatic rings. The van der Waals surface area contributed by atoms with Crippen molar-refractivity contribution in [3.63, 3.8) is 0 Å². The van der Waals surface area contributed by atoms with Crippen LogP contribution in [0.1, 0.15) is 117 Å². The third-order valence-electron chi connectivity index (χ3n) is 5.88.